The average molecular weight is 570 g/mol. The lowest BCUT2D eigenvalue weighted by Gasteiger charge is -2.37. The van der Waals surface area contributed by atoms with E-state index < -0.39 is 9.84 Å². The van der Waals surface area contributed by atoms with Crippen molar-refractivity contribution in [3.63, 3.8) is 0 Å². The molecule has 40 heavy (non-hydrogen) atoms. The maximum absolute atomic E-state index is 11.6. The van der Waals surface area contributed by atoms with Gasteiger partial charge in [0.25, 0.3) is 0 Å². The first-order valence-corrected chi connectivity index (χ1v) is 15.9. The minimum atomic E-state index is -2.89. The molecule has 0 aliphatic carbocycles. The molecule has 0 spiro atoms. The Kier molecular flexibility index (Phi) is 7.90. The molecular weight excluding hydrogens is 539 g/mol. The third-order valence-corrected chi connectivity index (χ3v) is 10.4. The monoisotopic (exact) mass is 569 g/mol. The number of nitrogens with zero attached hydrogens (tertiary/aromatic N) is 1. The summed E-state index contributed by atoms with van der Waals surface area (Å²) in [6.45, 7) is 6.66. The molecular formula is C33H31NO4S2. The van der Waals surface area contributed by atoms with E-state index in [2.05, 4.69) is 54.5 Å². The van der Waals surface area contributed by atoms with E-state index in [4.69, 9.17) is 14.7 Å². The fourth-order valence-electron chi connectivity index (χ4n) is 5.24. The quantitative estimate of drug-likeness (QED) is 0.198. The van der Waals surface area contributed by atoms with Crippen LogP contribution in [-0.4, -0.2) is 26.5 Å². The molecule has 0 amide bonds. The number of benzene rings is 3. The molecule has 0 N–H and O–H groups in total. The highest BCUT2D eigenvalue weighted by Gasteiger charge is 2.45. The van der Waals surface area contributed by atoms with Gasteiger partial charge in [0.15, 0.2) is 9.84 Å². The van der Waals surface area contributed by atoms with Crippen LogP contribution in [0, 0.1) is 35.5 Å². The minimum Gasteiger partial charge on any atom is -0.493 e. The fraction of sp³-hybridized carbons (Fsp3) is 0.303. The van der Waals surface area contributed by atoms with Crippen molar-refractivity contribution in [3.8, 4) is 40.5 Å². The van der Waals surface area contributed by atoms with Gasteiger partial charge in [-0.3, -0.25) is 0 Å². The Morgan fingerprint density at radius 2 is 1.75 bits per heavy atom. The first-order valence-electron chi connectivity index (χ1n) is 13.1. The molecule has 0 radical (unpaired) electrons. The lowest BCUT2D eigenvalue weighted by atomic mass is 9.96. The van der Waals surface area contributed by atoms with Crippen molar-refractivity contribution in [2.75, 3.05) is 18.1 Å². The molecule has 4 aromatic rings. The molecule has 1 atom stereocenters. The van der Waals surface area contributed by atoms with E-state index in [1.807, 2.05) is 43.3 Å². The van der Waals surface area contributed by atoms with Crippen LogP contribution in [0.5, 0.6) is 11.5 Å². The standard InChI is InChI=1S/C33H31NO4S2/c1-4-5-25(14-15-34)26-7-9-27(10-8-26)37-18-24-6-13-32-30(17-24)31(19-39-32)29-12-11-28(16-23(29)2)38-20-33(3)21-40(35,36)22-33/h6-13,16-17,19,25H,14,18,20-22H2,1-3H3/t25-/m0/s1. The van der Waals surface area contributed by atoms with E-state index >= 15 is 0 Å². The molecule has 3 aromatic carbocycles. The second-order valence-corrected chi connectivity index (χ2v) is 13.7. The van der Waals surface area contributed by atoms with E-state index in [0.717, 1.165) is 33.8 Å². The third kappa shape index (κ3) is 6.17. The van der Waals surface area contributed by atoms with E-state index in [9.17, 15) is 8.42 Å². The number of aryl methyl sites for hydroxylation is 1. The lowest BCUT2D eigenvalue weighted by molar-refractivity contribution is 0.188. The predicted molar refractivity (Wildman–Crippen MR) is 161 cm³/mol. The van der Waals surface area contributed by atoms with Gasteiger partial charge in [-0.2, -0.15) is 5.26 Å². The highest BCUT2D eigenvalue weighted by Crippen LogP contribution is 2.38. The van der Waals surface area contributed by atoms with Gasteiger partial charge in [-0.05, 0) is 77.9 Å². The van der Waals surface area contributed by atoms with Crippen LogP contribution in [0.25, 0.3) is 21.2 Å². The van der Waals surface area contributed by atoms with Crippen LogP contribution in [0.4, 0.5) is 0 Å². The average Bonchev–Trinajstić information content (AvgIpc) is 3.33. The molecule has 0 unspecified atom stereocenters. The molecule has 1 aliphatic rings. The van der Waals surface area contributed by atoms with Gasteiger partial charge in [0.2, 0.25) is 0 Å². The molecule has 5 rings (SSSR count). The third-order valence-electron chi connectivity index (χ3n) is 7.15. The highest BCUT2D eigenvalue weighted by molar-refractivity contribution is 7.92. The SMILES string of the molecule is CC#C[C@@H](CC#N)c1ccc(OCc2ccc3scc(-c4ccc(OCC5(C)CS(=O)(=O)C5)cc4C)c3c2)cc1. The van der Waals surface area contributed by atoms with Crippen molar-refractivity contribution < 1.29 is 17.9 Å². The van der Waals surface area contributed by atoms with E-state index in [0.29, 0.717) is 19.6 Å². The van der Waals surface area contributed by atoms with Gasteiger partial charge in [-0.25, -0.2) is 8.42 Å². The molecule has 1 fully saturated rings. The maximum atomic E-state index is 11.6. The Hall–Kier alpha value is -3.78. The van der Waals surface area contributed by atoms with Crippen molar-refractivity contribution in [1.29, 1.82) is 5.26 Å². The van der Waals surface area contributed by atoms with Crippen molar-refractivity contribution in [2.45, 2.75) is 39.7 Å². The van der Waals surface area contributed by atoms with Crippen LogP contribution in [-0.2, 0) is 16.4 Å². The first kappa shape index (κ1) is 27.8. The van der Waals surface area contributed by atoms with Gasteiger partial charge in [0.1, 0.15) is 18.1 Å². The number of rotatable bonds is 9. The van der Waals surface area contributed by atoms with Crippen LogP contribution >= 0.6 is 11.3 Å². The van der Waals surface area contributed by atoms with Gasteiger partial charge < -0.3 is 9.47 Å². The van der Waals surface area contributed by atoms with Gasteiger partial charge >= 0.3 is 0 Å². The second-order valence-electron chi connectivity index (χ2n) is 10.8. The van der Waals surface area contributed by atoms with Gasteiger partial charge in [-0.1, -0.05) is 37.1 Å². The maximum Gasteiger partial charge on any atom is 0.151 e. The Balaban J connectivity index is 1.28. The zero-order chi connectivity index (χ0) is 28.3. The van der Waals surface area contributed by atoms with E-state index in [1.165, 1.54) is 15.6 Å². The second kappa shape index (κ2) is 11.4. The highest BCUT2D eigenvalue weighted by atomic mass is 32.2. The van der Waals surface area contributed by atoms with Crippen molar-refractivity contribution in [2.24, 2.45) is 5.41 Å². The topological polar surface area (TPSA) is 76.4 Å². The zero-order valence-corrected chi connectivity index (χ0v) is 24.5. The summed E-state index contributed by atoms with van der Waals surface area (Å²) < 4.78 is 36.5. The van der Waals surface area contributed by atoms with Gasteiger partial charge in [0.05, 0.1) is 36.5 Å². The molecule has 0 saturated carbocycles. The van der Waals surface area contributed by atoms with E-state index in [-0.39, 0.29) is 22.8 Å². The smallest absolute Gasteiger partial charge is 0.151 e. The Bertz CT molecular complexity index is 1740. The molecule has 5 nitrogen and oxygen atoms in total. The van der Waals surface area contributed by atoms with Gasteiger partial charge in [0, 0.05) is 21.1 Å². The zero-order valence-electron chi connectivity index (χ0n) is 22.9. The molecule has 1 aromatic heterocycles. The van der Waals surface area contributed by atoms with Crippen molar-refractivity contribution in [3.05, 3.63) is 82.7 Å². The largest absolute Gasteiger partial charge is 0.493 e. The van der Waals surface area contributed by atoms with Crippen molar-refractivity contribution >= 4 is 31.3 Å². The van der Waals surface area contributed by atoms with Crippen molar-refractivity contribution in [1.82, 2.24) is 0 Å². The summed E-state index contributed by atoms with van der Waals surface area (Å²) in [6.07, 6.45) is 0.366. The number of hydrogen-bond acceptors (Lipinski definition) is 6. The summed E-state index contributed by atoms with van der Waals surface area (Å²) in [5, 5.41) is 12.4. The summed E-state index contributed by atoms with van der Waals surface area (Å²) in [6, 6.07) is 22.5. The molecule has 1 aliphatic heterocycles. The van der Waals surface area contributed by atoms with Crippen LogP contribution in [0.2, 0.25) is 0 Å². The Morgan fingerprint density at radius 3 is 2.42 bits per heavy atom. The van der Waals surface area contributed by atoms with Crippen LogP contribution in [0.15, 0.2) is 66.0 Å². The molecule has 2 heterocycles. The molecule has 204 valence electrons. The summed E-state index contributed by atoms with van der Waals surface area (Å²) in [4.78, 5) is 0. The predicted octanol–water partition coefficient (Wildman–Crippen LogP) is 7.29. The fourth-order valence-corrected chi connectivity index (χ4v) is 8.39. The van der Waals surface area contributed by atoms with E-state index in [1.54, 1.807) is 18.3 Å². The minimum absolute atomic E-state index is 0.0857. The van der Waals surface area contributed by atoms with Gasteiger partial charge in [-0.15, -0.1) is 17.3 Å². The Labute approximate surface area is 240 Å². The molecule has 0 bridgehead atoms. The normalized spacial score (nSPS) is 15.8. The summed E-state index contributed by atoms with van der Waals surface area (Å²) in [7, 11) is -2.89. The number of hydrogen-bond donors (Lipinski definition) is 0. The lowest BCUT2D eigenvalue weighted by Crippen LogP contribution is -2.50. The number of ether oxygens (including phenoxy) is 2. The van der Waals surface area contributed by atoms with Crippen LogP contribution < -0.4 is 9.47 Å². The summed E-state index contributed by atoms with van der Waals surface area (Å²) >= 11 is 1.72. The Morgan fingerprint density at radius 1 is 1.00 bits per heavy atom. The summed E-state index contributed by atoms with van der Waals surface area (Å²) in [5.74, 6) is 7.82. The number of thiophene rings is 1. The number of fused-ring (bicyclic) bond motifs is 1. The first-order chi connectivity index (χ1) is 19.2. The summed E-state index contributed by atoms with van der Waals surface area (Å²) in [5.41, 5.74) is 5.22. The number of nitriles is 1. The van der Waals surface area contributed by atoms with Crippen LogP contribution in [0.3, 0.4) is 0 Å². The van der Waals surface area contributed by atoms with Crippen LogP contribution in [0.1, 0.15) is 42.9 Å². The molecule has 1 saturated heterocycles. The number of sulfone groups is 1. The molecule has 7 heteroatoms.